The SMILES string of the molecule is COc1ccc(C(=O)c2ccc(C(C)(c3ccccc3)S(N)(=O)=O)n2C)c(C)c1. The summed E-state index contributed by atoms with van der Waals surface area (Å²) < 4.78 is 30.6. The van der Waals surface area contributed by atoms with E-state index >= 15 is 0 Å². The molecule has 0 bridgehead atoms. The number of ether oxygens (including phenoxy) is 1. The zero-order valence-corrected chi connectivity index (χ0v) is 17.7. The Balaban J connectivity index is 2.14. The standard InChI is InChI=1S/C22H24N2O4S/c1-15-14-17(28-4)10-11-18(15)21(25)19-12-13-20(24(19)3)22(2,29(23,26)27)16-8-6-5-7-9-16/h5-14H,1-4H3,(H2,23,26,27). The van der Waals surface area contributed by atoms with E-state index in [0.717, 1.165) is 5.56 Å². The van der Waals surface area contributed by atoms with Crippen molar-refractivity contribution in [1.82, 2.24) is 4.57 Å². The molecule has 1 aromatic heterocycles. The van der Waals surface area contributed by atoms with Gasteiger partial charge < -0.3 is 9.30 Å². The number of nitrogens with zero attached hydrogens (tertiary/aromatic N) is 1. The zero-order valence-electron chi connectivity index (χ0n) is 16.8. The quantitative estimate of drug-likeness (QED) is 0.630. The van der Waals surface area contributed by atoms with Gasteiger partial charge in [-0.1, -0.05) is 30.3 Å². The molecule has 152 valence electrons. The van der Waals surface area contributed by atoms with Gasteiger partial charge in [-0.25, -0.2) is 13.6 Å². The highest BCUT2D eigenvalue weighted by Gasteiger charge is 2.43. The van der Waals surface area contributed by atoms with Gasteiger partial charge in [-0.05, 0) is 55.3 Å². The van der Waals surface area contributed by atoms with Crippen molar-refractivity contribution in [1.29, 1.82) is 0 Å². The van der Waals surface area contributed by atoms with Gasteiger partial charge in [0.15, 0.2) is 0 Å². The molecule has 1 unspecified atom stereocenters. The third kappa shape index (κ3) is 3.47. The van der Waals surface area contributed by atoms with E-state index in [9.17, 15) is 13.2 Å². The van der Waals surface area contributed by atoms with Gasteiger partial charge in [0, 0.05) is 18.3 Å². The second-order valence-corrected chi connectivity index (χ2v) is 9.02. The molecule has 7 heteroatoms. The van der Waals surface area contributed by atoms with Gasteiger partial charge in [0.2, 0.25) is 15.8 Å². The number of carbonyl (C=O) groups is 1. The number of ketones is 1. The van der Waals surface area contributed by atoms with Gasteiger partial charge in [-0.15, -0.1) is 0 Å². The van der Waals surface area contributed by atoms with Gasteiger partial charge in [0.25, 0.3) is 0 Å². The number of hydrogen-bond acceptors (Lipinski definition) is 4. The molecule has 0 radical (unpaired) electrons. The van der Waals surface area contributed by atoms with E-state index < -0.39 is 14.8 Å². The molecule has 0 aliphatic heterocycles. The van der Waals surface area contributed by atoms with Crippen molar-refractivity contribution in [2.45, 2.75) is 18.6 Å². The molecule has 0 aliphatic carbocycles. The van der Waals surface area contributed by atoms with Crippen LogP contribution in [0.4, 0.5) is 0 Å². The summed E-state index contributed by atoms with van der Waals surface area (Å²) in [5, 5.41) is 5.66. The van der Waals surface area contributed by atoms with Crippen LogP contribution in [-0.2, 0) is 21.8 Å². The predicted molar refractivity (Wildman–Crippen MR) is 113 cm³/mol. The van der Waals surface area contributed by atoms with Crippen molar-refractivity contribution in [3.8, 4) is 5.75 Å². The molecule has 6 nitrogen and oxygen atoms in total. The number of benzene rings is 2. The molecule has 1 atom stereocenters. The highest BCUT2D eigenvalue weighted by molar-refractivity contribution is 7.90. The molecule has 0 spiro atoms. The molecule has 0 amide bonds. The average molecular weight is 413 g/mol. The lowest BCUT2D eigenvalue weighted by molar-refractivity contribution is 0.103. The Bertz CT molecular complexity index is 1170. The average Bonchev–Trinajstić information content (AvgIpc) is 3.08. The van der Waals surface area contributed by atoms with Crippen molar-refractivity contribution in [2.75, 3.05) is 7.11 Å². The van der Waals surface area contributed by atoms with Crippen LogP contribution < -0.4 is 9.88 Å². The minimum Gasteiger partial charge on any atom is -0.497 e. The van der Waals surface area contributed by atoms with E-state index in [0.29, 0.717) is 28.3 Å². The summed E-state index contributed by atoms with van der Waals surface area (Å²) in [5.74, 6) is 0.459. The number of sulfonamides is 1. The normalized spacial score (nSPS) is 13.7. The highest BCUT2D eigenvalue weighted by atomic mass is 32.2. The number of hydrogen-bond donors (Lipinski definition) is 1. The van der Waals surface area contributed by atoms with Crippen LogP contribution in [-0.4, -0.2) is 25.9 Å². The lowest BCUT2D eigenvalue weighted by Crippen LogP contribution is -2.40. The lowest BCUT2D eigenvalue weighted by Gasteiger charge is -2.29. The molecule has 0 saturated carbocycles. The Kier molecular flexibility index (Phi) is 5.38. The van der Waals surface area contributed by atoms with Crippen LogP contribution in [0.25, 0.3) is 0 Å². The number of aromatic nitrogens is 1. The van der Waals surface area contributed by atoms with E-state index in [1.165, 1.54) is 0 Å². The number of nitrogens with two attached hydrogens (primary N) is 1. The van der Waals surface area contributed by atoms with Crippen molar-refractivity contribution < 1.29 is 17.9 Å². The van der Waals surface area contributed by atoms with Crippen molar-refractivity contribution in [3.63, 3.8) is 0 Å². The first-order valence-corrected chi connectivity index (χ1v) is 10.6. The maximum atomic E-state index is 13.2. The van der Waals surface area contributed by atoms with E-state index in [1.54, 1.807) is 86.3 Å². The second-order valence-electron chi connectivity index (χ2n) is 7.12. The van der Waals surface area contributed by atoms with Gasteiger partial charge in [0.05, 0.1) is 12.8 Å². The summed E-state index contributed by atoms with van der Waals surface area (Å²) >= 11 is 0. The number of primary sulfonamides is 1. The van der Waals surface area contributed by atoms with Crippen LogP contribution in [0.5, 0.6) is 5.75 Å². The summed E-state index contributed by atoms with van der Waals surface area (Å²) in [6.07, 6.45) is 0. The minimum absolute atomic E-state index is 0.205. The fraction of sp³-hybridized carbons (Fsp3) is 0.227. The Labute approximate surface area is 171 Å². The number of aryl methyl sites for hydroxylation is 1. The molecule has 2 N–H and O–H groups in total. The van der Waals surface area contributed by atoms with E-state index in [1.807, 2.05) is 6.92 Å². The van der Waals surface area contributed by atoms with E-state index in [2.05, 4.69) is 0 Å². The van der Waals surface area contributed by atoms with Gasteiger partial charge in [0.1, 0.15) is 10.5 Å². The monoisotopic (exact) mass is 412 g/mol. The first-order chi connectivity index (χ1) is 13.6. The van der Waals surface area contributed by atoms with Crippen LogP contribution in [0.2, 0.25) is 0 Å². The third-order valence-corrected chi connectivity index (χ3v) is 7.00. The minimum atomic E-state index is -4.04. The topological polar surface area (TPSA) is 91.4 Å². The summed E-state index contributed by atoms with van der Waals surface area (Å²) in [5.41, 5.74) is 2.62. The fourth-order valence-electron chi connectivity index (χ4n) is 3.59. The van der Waals surface area contributed by atoms with E-state index in [-0.39, 0.29) is 5.78 Å². The molecule has 0 fully saturated rings. The Morgan fingerprint density at radius 1 is 1.07 bits per heavy atom. The van der Waals surface area contributed by atoms with Crippen LogP contribution in [0.3, 0.4) is 0 Å². The van der Waals surface area contributed by atoms with Crippen molar-refractivity contribution in [3.05, 3.63) is 88.7 Å². The van der Waals surface area contributed by atoms with Crippen LogP contribution in [0, 0.1) is 6.92 Å². The summed E-state index contributed by atoms with van der Waals surface area (Å²) in [7, 11) is -0.795. The molecule has 3 aromatic rings. The zero-order chi connectivity index (χ0) is 21.4. The van der Waals surface area contributed by atoms with Gasteiger partial charge in [-0.2, -0.15) is 0 Å². The summed E-state index contributed by atoms with van der Waals surface area (Å²) in [6.45, 7) is 3.39. The molecule has 3 rings (SSSR count). The maximum Gasteiger partial charge on any atom is 0.224 e. The summed E-state index contributed by atoms with van der Waals surface area (Å²) in [6, 6.07) is 17.2. The largest absolute Gasteiger partial charge is 0.497 e. The van der Waals surface area contributed by atoms with Crippen LogP contribution in [0.1, 0.15) is 39.8 Å². The van der Waals surface area contributed by atoms with E-state index in [4.69, 9.17) is 9.88 Å². The molecule has 0 aliphatic rings. The Morgan fingerprint density at radius 3 is 2.28 bits per heavy atom. The first kappa shape index (κ1) is 20.8. The van der Waals surface area contributed by atoms with Crippen LogP contribution >= 0.6 is 0 Å². The van der Waals surface area contributed by atoms with Gasteiger partial charge in [-0.3, -0.25) is 4.79 Å². The lowest BCUT2D eigenvalue weighted by atomic mass is 9.96. The Morgan fingerprint density at radius 2 is 1.72 bits per heavy atom. The van der Waals surface area contributed by atoms with Crippen molar-refractivity contribution in [2.24, 2.45) is 12.2 Å². The fourth-order valence-corrected chi connectivity index (χ4v) is 4.55. The number of carbonyl (C=O) groups excluding carboxylic acids is 1. The molecule has 1 heterocycles. The first-order valence-electron chi connectivity index (χ1n) is 9.04. The molecule has 2 aromatic carbocycles. The predicted octanol–water partition coefficient (Wildman–Crippen LogP) is 3.13. The van der Waals surface area contributed by atoms with Crippen LogP contribution in [0.15, 0.2) is 60.7 Å². The summed E-state index contributed by atoms with van der Waals surface area (Å²) in [4.78, 5) is 13.2. The van der Waals surface area contributed by atoms with Crippen molar-refractivity contribution >= 4 is 15.8 Å². The number of rotatable bonds is 6. The smallest absolute Gasteiger partial charge is 0.224 e. The van der Waals surface area contributed by atoms with Gasteiger partial charge >= 0.3 is 0 Å². The highest BCUT2D eigenvalue weighted by Crippen LogP contribution is 2.37. The number of methoxy groups -OCH3 is 1. The third-order valence-electron chi connectivity index (χ3n) is 5.42. The second kappa shape index (κ2) is 7.50. The Hall–Kier alpha value is -2.90. The molecular formula is C22H24N2O4S. The molecular weight excluding hydrogens is 388 g/mol. The molecule has 29 heavy (non-hydrogen) atoms. The molecule has 0 saturated heterocycles. The maximum absolute atomic E-state index is 13.2.